The Balaban J connectivity index is 1.77. The molecule has 9 heteroatoms. The first kappa shape index (κ1) is 17.4. The molecule has 0 aliphatic carbocycles. The van der Waals surface area contributed by atoms with Gasteiger partial charge in [-0.15, -0.1) is 0 Å². The van der Waals surface area contributed by atoms with Crippen molar-refractivity contribution in [3.63, 3.8) is 0 Å². The Labute approximate surface area is 134 Å². The predicted molar refractivity (Wildman–Crippen MR) is 80.9 cm³/mol. The first-order valence-corrected chi connectivity index (χ1v) is 7.67. The Hall–Kier alpha value is -2.00. The van der Waals surface area contributed by atoms with Crippen molar-refractivity contribution in [3.8, 4) is 0 Å². The van der Waals surface area contributed by atoms with E-state index in [-0.39, 0.29) is 24.0 Å². The van der Waals surface area contributed by atoms with Crippen LogP contribution in [0.15, 0.2) is 4.52 Å². The third-order valence-corrected chi connectivity index (χ3v) is 3.40. The maximum Gasteiger partial charge on any atom is 0.315 e. The molecular formula is C14H23N5O4. The quantitative estimate of drug-likeness (QED) is 0.652. The van der Waals surface area contributed by atoms with E-state index >= 15 is 0 Å². The van der Waals surface area contributed by atoms with Gasteiger partial charge in [0.25, 0.3) is 0 Å². The van der Waals surface area contributed by atoms with E-state index in [2.05, 4.69) is 15.5 Å². The molecule has 2 heterocycles. The zero-order valence-electron chi connectivity index (χ0n) is 13.6. The second-order valence-electron chi connectivity index (χ2n) is 5.60. The largest absolute Gasteiger partial charge is 0.378 e. The number of nitrogens with zero attached hydrogens (tertiary/aromatic N) is 4. The minimum atomic E-state index is -0.415. The van der Waals surface area contributed by atoms with Crippen LogP contribution in [0.25, 0.3) is 0 Å². The van der Waals surface area contributed by atoms with Gasteiger partial charge in [-0.1, -0.05) is 5.16 Å². The van der Waals surface area contributed by atoms with Crippen LogP contribution in [0.2, 0.25) is 0 Å². The molecule has 1 aliphatic rings. The number of nitrogens with one attached hydrogen (secondary N) is 1. The molecule has 2 amide bonds. The van der Waals surface area contributed by atoms with Crippen LogP contribution in [0.5, 0.6) is 0 Å². The lowest BCUT2D eigenvalue weighted by molar-refractivity contribution is -0.134. The molecule has 128 valence electrons. The molecule has 2 rings (SSSR count). The number of morpholine rings is 1. The van der Waals surface area contributed by atoms with Crippen molar-refractivity contribution in [2.45, 2.75) is 12.8 Å². The van der Waals surface area contributed by atoms with Crippen molar-refractivity contribution in [1.82, 2.24) is 25.3 Å². The van der Waals surface area contributed by atoms with E-state index in [0.29, 0.717) is 32.8 Å². The van der Waals surface area contributed by atoms with Gasteiger partial charge in [0.15, 0.2) is 5.82 Å². The van der Waals surface area contributed by atoms with Gasteiger partial charge in [-0.3, -0.25) is 9.59 Å². The maximum absolute atomic E-state index is 12.1. The van der Waals surface area contributed by atoms with Crippen molar-refractivity contribution in [3.05, 3.63) is 11.7 Å². The van der Waals surface area contributed by atoms with Gasteiger partial charge >= 0.3 is 11.8 Å². The van der Waals surface area contributed by atoms with E-state index in [1.807, 2.05) is 19.0 Å². The van der Waals surface area contributed by atoms with Crippen molar-refractivity contribution in [2.75, 3.05) is 53.5 Å². The molecule has 0 atom stereocenters. The van der Waals surface area contributed by atoms with Crippen molar-refractivity contribution >= 4 is 11.8 Å². The van der Waals surface area contributed by atoms with Gasteiger partial charge in [0.2, 0.25) is 5.91 Å². The highest BCUT2D eigenvalue weighted by molar-refractivity contribution is 5.89. The molecule has 0 spiro atoms. The highest BCUT2D eigenvalue weighted by Crippen LogP contribution is 2.04. The highest BCUT2D eigenvalue weighted by Gasteiger charge is 2.21. The third-order valence-electron chi connectivity index (χ3n) is 3.40. The second kappa shape index (κ2) is 8.59. The van der Waals surface area contributed by atoms with Gasteiger partial charge in [-0.2, -0.15) is 4.98 Å². The molecule has 23 heavy (non-hydrogen) atoms. The maximum atomic E-state index is 12.1. The number of ether oxygens (including phenoxy) is 1. The lowest BCUT2D eigenvalue weighted by Crippen LogP contribution is -2.41. The predicted octanol–water partition coefficient (Wildman–Crippen LogP) is -0.848. The zero-order chi connectivity index (χ0) is 16.7. The molecule has 0 bridgehead atoms. The Morgan fingerprint density at radius 1 is 1.30 bits per heavy atom. The van der Waals surface area contributed by atoms with Crippen LogP contribution in [0, 0.1) is 0 Å². The lowest BCUT2D eigenvalue weighted by Gasteiger charge is -2.26. The Bertz CT molecular complexity index is 525. The van der Waals surface area contributed by atoms with Gasteiger partial charge in [0.05, 0.1) is 19.6 Å². The molecule has 1 fully saturated rings. The van der Waals surface area contributed by atoms with Gasteiger partial charge in [-0.25, -0.2) is 0 Å². The smallest absolute Gasteiger partial charge is 0.315 e. The summed E-state index contributed by atoms with van der Waals surface area (Å²) in [4.78, 5) is 31.6. The molecular weight excluding hydrogens is 302 g/mol. The summed E-state index contributed by atoms with van der Waals surface area (Å²) in [6.07, 6.45) is 0.854. The van der Waals surface area contributed by atoms with Crippen LogP contribution in [-0.4, -0.2) is 85.2 Å². The second-order valence-corrected chi connectivity index (χ2v) is 5.60. The summed E-state index contributed by atoms with van der Waals surface area (Å²) in [6.45, 7) is 3.62. The fourth-order valence-electron chi connectivity index (χ4n) is 2.15. The van der Waals surface area contributed by atoms with Crippen LogP contribution >= 0.6 is 0 Å². The monoisotopic (exact) mass is 325 g/mol. The highest BCUT2D eigenvalue weighted by atomic mass is 16.5. The molecule has 0 unspecified atom stereocenters. The summed E-state index contributed by atoms with van der Waals surface area (Å²) in [5, 5.41) is 6.41. The number of carbonyl (C=O) groups excluding carboxylic acids is 2. The van der Waals surface area contributed by atoms with Crippen LogP contribution in [0.4, 0.5) is 0 Å². The molecule has 1 saturated heterocycles. The first-order chi connectivity index (χ1) is 11.1. The van der Waals surface area contributed by atoms with Crippen LogP contribution in [0.1, 0.15) is 22.9 Å². The molecule has 1 N–H and O–H groups in total. The van der Waals surface area contributed by atoms with Crippen LogP contribution < -0.4 is 5.32 Å². The summed E-state index contributed by atoms with van der Waals surface area (Å²) in [6, 6.07) is 0. The van der Waals surface area contributed by atoms with Crippen molar-refractivity contribution in [1.29, 1.82) is 0 Å². The normalized spacial score (nSPS) is 15.0. The van der Waals surface area contributed by atoms with Crippen molar-refractivity contribution < 1.29 is 18.8 Å². The van der Waals surface area contributed by atoms with E-state index in [1.165, 1.54) is 0 Å². The topological polar surface area (TPSA) is 101 Å². The Morgan fingerprint density at radius 2 is 2.04 bits per heavy atom. The van der Waals surface area contributed by atoms with E-state index in [1.54, 1.807) is 4.90 Å². The Morgan fingerprint density at radius 3 is 2.74 bits per heavy atom. The van der Waals surface area contributed by atoms with Crippen LogP contribution in [0.3, 0.4) is 0 Å². The lowest BCUT2D eigenvalue weighted by atomic mass is 10.3. The summed E-state index contributed by atoms with van der Waals surface area (Å²) < 4.78 is 10.1. The first-order valence-electron chi connectivity index (χ1n) is 7.67. The fraction of sp³-hybridized carbons (Fsp3) is 0.714. The summed E-state index contributed by atoms with van der Waals surface area (Å²) in [5.41, 5.74) is 0. The summed E-state index contributed by atoms with van der Waals surface area (Å²) in [5.74, 6) is -0.395. The molecule has 9 nitrogen and oxygen atoms in total. The Kier molecular flexibility index (Phi) is 6.48. The third kappa shape index (κ3) is 5.61. The van der Waals surface area contributed by atoms with E-state index in [0.717, 1.165) is 13.0 Å². The van der Waals surface area contributed by atoms with E-state index in [4.69, 9.17) is 9.26 Å². The van der Waals surface area contributed by atoms with E-state index < -0.39 is 5.91 Å². The number of aromatic nitrogens is 2. The zero-order valence-corrected chi connectivity index (χ0v) is 13.6. The van der Waals surface area contributed by atoms with Crippen molar-refractivity contribution in [2.24, 2.45) is 0 Å². The number of hydrogen-bond acceptors (Lipinski definition) is 7. The number of rotatable bonds is 7. The van der Waals surface area contributed by atoms with Gasteiger partial charge in [0.1, 0.15) is 0 Å². The molecule has 1 aromatic heterocycles. The average Bonchev–Trinajstić information content (AvgIpc) is 3.00. The number of carbonyl (C=O) groups is 2. The number of hydrogen-bond donors (Lipinski definition) is 1. The minimum Gasteiger partial charge on any atom is -0.378 e. The van der Waals surface area contributed by atoms with Gasteiger partial charge in [0, 0.05) is 19.6 Å². The van der Waals surface area contributed by atoms with Crippen LogP contribution in [-0.2, 0) is 16.0 Å². The molecule has 0 radical (unpaired) electrons. The summed E-state index contributed by atoms with van der Waals surface area (Å²) in [7, 11) is 3.94. The minimum absolute atomic E-state index is 0.0252. The molecule has 0 aromatic carbocycles. The summed E-state index contributed by atoms with van der Waals surface area (Å²) >= 11 is 0. The fourth-order valence-corrected chi connectivity index (χ4v) is 2.15. The molecule has 1 aliphatic heterocycles. The SMILES string of the molecule is CN(C)CCCNC(=O)c1nc(CC(=O)N2CCOCC2)no1. The molecule has 0 saturated carbocycles. The average molecular weight is 325 g/mol. The number of amides is 2. The molecule has 1 aromatic rings. The van der Waals surface area contributed by atoms with E-state index in [9.17, 15) is 9.59 Å². The van der Waals surface area contributed by atoms with Gasteiger partial charge < -0.3 is 24.4 Å². The van der Waals surface area contributed by atoms with Gasteiger partial charge in [-0.05, 0) is 27.1 Å². The standard InChI is InChI=1S/C14H23N5O4/c1-18(2)5-3-4-15-13(21)14-16-11(17-23-14)10-12(20)19-6-8-22-9-7-19/h3-10H2,1-2H3,(H,15,21).